The Morgan fingerprint density at radius 2 is 2.05 bits per heavy atom. The molecular formula is C15H14N2O3S. The number of esters is 1. The predicted octanol–water partition coefficient (Wildman–Crippen LogP) is 2.70. The summed E-state index contributed by atoms with van der Waals surface area (Å²) in [4.78, 5) is 10.5. The van der Waals surface area contributed by atoms with Gasteiger partial charge in [-0.25, -0.2) is 0 Å². The Bertz CT molecular complexity index is 668. The molecule has 0 fully saturated rings. The first-order chi connectivity index (χ1) is 10.1. The van der Waals surface area contributed by atoms with E-state index in [1.54, 1.807) is 0 Å². The van der Waals surface area contributed by atoms with Crippen molar-refractivity contribution in [3.63, 3.8) is 0 Å². The number of hydrogen-bond acceptors (Lipinski definition) is 6. The fourth-order valence-corrected chi connectivity index (χ4v) is 1.95. The van der Waals surface area contributed by atoms with E-state index in [-0.39, 0.29) is 12.6 Å². The van der Waals surface area contributed by atoms with Crippen LogP contribution in [0.1, 0.15) is 12.5 Å². The van der Waals surface area contributed by atoms with Crippen molar-refractivity contribution in [3.05, 3.63) is 29.8 Å². The monoisotopic (exact) mass is 302 g/mol. The van der Waals surface area contributed by atoms with Gasteiger partial charge in [0.1, 0.15) is 0 Å². The molecule has 0 aliphatic carbocycles. The van der Waals surface area contributed by atoms with Gasteiger partial charge in [0.25, 0.3) is 5.22 Å². The van der Waals surface area contributed by atoms with E-state index in [1.165, 1.54) is 24.2 Å². The van der Waals surface area contributed by atoms with Crippen LogP contribution in [0.3, 0.4) is 0 Å². The zero-order valence-corrected chi connectivity index (χ0v) is 12.6. The van der Waals surface area contributed by atoms with E-state index in [4.69, 9.17) is 9.15 Å². The van der Waals surface area contributed by atoms with E-state index in [1.807, 2.05) is 31.2 Å². The quantitative estimate of drug-likeness (QED) is 0.491. The molecule has 0 bridgehead atoms. The Balaban J connectivity index is 1.86. The van der Waals surface area contributed by atoms with Gasteiger partial charge in [0, 0.05) is 12.5 Å². The molecule has 5 nitrogen and oxygen atoms in total. The van der Waals surface area contributed by atoms with Gasteiger partial charge in [0.05, 0.1) is 5.75 Å². The van der Waals surface area contributed by atoms with Crippen LogP contribution in [0, 0.1) is 18.8 Å². The molecular weight excluding hydrogens is 288 g/mol. The van der Waals surface area contributed by atoms with E-state index in [9.17, 15) is 4.79 Å². The molecule has 0 saturated heterocycles. The molecule has 108 valence electrons. The van der Waals surface area contributed by atoms with Gasteiger partial charge in [-0.15, -0.1) is 10.2 Å². The summed E-state index contributed by atoms with van der Waals surface area (Å²) in [6.07, 6.45) is 0. The molecule has 0 spiro atoms. The number of hydrogen-bond donors (Lipinski definition) is 0. The Labute approximate surface area is 127 Å². The van der Waals surface area contributed by atoms with Gasteiger partial charge in [-0.3, -0.25) is 4.79 Å². The Hall–Kier alpha value is -2.26. The van der Waals surface area contributed by atoms with Crippen LogP contribution in [0.2, 0.25) is 0 Å². The third-order valence-electron chi connectivity index (χ3n) is 2.45. The maximum absolute atomic E-state index is 10.5. The van der Waals surface area contributed by atoms with Crippen LogP contribution in [-0.4, -0.2) is 28.5 Å². The van der Waals surface area contributed by atoms with Crippen LogP contribution in [-0.2, 0) is 9.53 Å². The number of nitrogens with zero attached hydrogens (tertiary/aromatic N) is 2. The van der Waals surface area contributed by atoms with Crippen molar-refractivity contribution in [2.45, 2.75) is 19.1 Å². The molecule has 0 aliphatic heterocycles. The van der Waals surface area contributed by atoms with Crippen molar-refractivity contribution in [1.82, 2.24) is 10.2 Å². The number of thioether (sulfide) groups is 1. The first kappa shape index (κ1) is 15.1. The summed E-state index contributed by atoms with van der Waals surface area (Å²) in [7, 11) is 0. The van der Waals surface area contributed by atoms with E-state index < -0.39 is 0 Å². The van der Waals surface area contributed by atoms with Crippen molar-refractivity contribution in [1.29, 1.82) is 0 Å². The van der Waals surface area contributed by atoms with Crippen LogP contribution in [0.4, 0.5) is 0 Å². The second-order valence-electron chi connectivity index (χ2n) is 4.16. The SMILES string of the molecule is CC(=O)OCC#CCSc1nnc(-c2ccc(C)cc2)o1. The molecule has 0 N–H and O–H groups in total. The number of rotatable bonds is 4. The average molecular weight is 302 g/mol. The van der Waals surface area contributed by atoms with Gasteiger partial charge >= 0.3 is 5.97 Å². The van der Waals surface area contributed by atoms with E-state index >= 15 is 0 Å². The van der Waals surface area contributed by atoms with Gasteiger partial charge in [0.15, 0.2) is 6.61 Å². The molecule has 21 heavy (non-hydrogen) atoms. The minimum Gasteiger partial charge on any atom is -0.453 e. The first-order valence-corrected chi connectivity index (χ1v) is 7.26. The maximum atomic E-state index is 10.5. The highest BCUT2D eigenvalue weighted by Crippen LogP contribution is 2.22. The fraction of sp³-hybridized carbons (Fsp3) is 0.267. The summed E-state index contributed by atoms with van der Waals surface area (Å²) in [5.41, 5.74) is 2.07. The second-order valence-corrected chi connectivity index (χ2v) is 5.09. The lowest BCUT2D eigenvalue weighted by atomic mass is 10.1. The predicted molar refractivity (Wildman–Crippen MR) is 79.6 cm³/mol. The molecule has 2 rings (SSSR count). The molecule has 6 heteroatoms. The van der Waals surface area contributed by atoms with Crippen molar-refractivity contribution < 1.29 is 13.9 Å². The van der Waals surface area contributed by atoms with Gasteiger partial charge in [0.2, 0.25) is 5.89 Å². The lowest BCUT2D eigenvalue weighted by Gasteiger charge is -1.94. The highest BCUT2D eigenvalue weighted by Gasteiger charge is 2.07. The molecule has 0 amide bonds. The van der Waals surface area contributed by atoms with Crippen molar-refractivity contribution in [2.75, 3.05) is 12.4 Å². The maximum Gasteiger partial charge on any atom is 0.303 e. The summed E-state index contributed by atoms with van der Waals surface area (Å²) in [6.45, 7) is 3.48. The number of aryl methyl sites for hydroxylation is 1. The normalized spacial score (nSPS) is 9.81. The van der Waals surface area contributed by atoms with Crippen LogP contribution >= 0.6 is 11.8 Å². The third-order valence-corrected chi connectivity index (χ3v) is 3.15. The molecule has 0 unspecified atom stereocenters. The van der Waals surface area contributed by atoms with Crippen molar-refractivity contribution in [2.24, 2.45) is 0 Å². The Morgan fingerprint density at radius 1 is 1.29 bits per heavy atom. The second kappa shape index (κ2) is 7.50. The molecule has 1 heterocycles. The molecule has 0 saturated carbocycles. The summed E-state index contributed by atoms with van der Waals surface area (Å²) >= 11 is 1.34. The summed E-state index contributed by atoms with van der Waals surface area (Å²) in [5, 5.41) is 8.42. The lowest BCUT2D eigenvalue weighted by Crippen LogP contribution is -1.97. The standard InChI is InChI=1S/C15H14N2O3S/c1-11-5-7-13(8-6-11)14-16-17-15(20-14)21-10-4-3-9-19-12(2)18/h5-8H,9-10H2,1-2H3. The number of carbonyl (C=O) groups is 1. The molecule has 1 aromatic heterocycles. The number of aromatic nitrogens is 2. The van der Waals surface area contributed by atoms with E-state index in [0.29, 0.717) is 16.9 Å². The smallest absolute Gasteiger partial charge is 0.303 e. The van der Waals surface area contributed by atoms with Crippen LogP contribution in [0.15, 0.2) is 33.9 Å². The molecule has 0 aliphatic rings. The topological polar surface area (TPSA) is 65.2 Å². The minimum atomic E-state index is -0.336. The summed E-state index contributed by atoms with van der Waals surface area (Å²) in [5.74, 6) is 6.23. The van der Waals surface area contributed by atoms with Gasteiger partial charge in [-0.1, -0.05) is 41.3 Å². The largest absolute Gasteiger partial charge is 0.453 e. The van der Waals surface area contributed by atoms with E-state index in [0.717, 1.165) is 5.56 Å². The highest BCUT2D eigenvalue weighted by molar-refractivity contribution is 7.99. The van der Waals surface area contributed by atoms with Gasteiger partial charge < -0.3 is 9.15 Å². The summed E-state index contributed by atoms with van der Waals surface area (Å²) in [6, 6.07) is 7.87. The van der Waals surface area contributed by atoms with Crippen LogP contribution in [0.25, 0.3) is 11.5 Å². The van der Waals surface area contributed by atoms with E-state index in [2.05, 4.69) is 22.0 Å². The van der Waals surface area contributed by atoms with Crippen LogP contribution in [0.5, 0.6) is 0 Å². The van der Waals surface area contributed by atoms with Gasteiger partial charge in [-0.2, -0.15) is 0 Å². The molecule has 0 radical (unpaired) electrons. The summed E-state index contributed by atoms with van der Waals surface area (Å²) < 4.78 is 10.2. The molecule has 0 atom stereocenters. The van der Waals surface area contributed by atoms with Crippen molar-refractivity contribution in [3.8, 4) is 23.3 Å². The minimum absolute atomic E-state index is 0.105. The van der Waals surface area contributed by atoms with Crippen molar-refractivity contribution >= 4 is 17.7 Å². The lowest BCUT2D eigenvalue weighted by molar-refractivity contribution is -0.139. The average Bonchev–Trinajstić information content (AvgIpc) is 2.92. The Kier molecular flexibility index (Phi) is 5.41. The zero-order chi connectivity index (χ0) is 15.1. The molecule has 1 aromatic carbocycles. The number of benzene rings is 1. The first-order valence-electron chi connectivity index (χ1n) is 6.27. The number of carbonyl (C=O) groups excluding carboxylic acids is 1. The molecule has 2 aromatic rings. The third kappa shape index (κ3) is 4.97. The highest BCUT2D eigenvalue weighted by atomic mass is 32.2. The fourth-order valence-electron chi connectivity index (χ4n) is 1.42. The number of ether oxygens (including phenoxy) is 1. The Morgan fingerprint density at radius 3 is 2.76 bits per heavy atom. The zero-order valence-electron chi connectivity index (χ0n) is 11.8. The van der Waals surface area contributed by atoms with Crippen LogP contribution < -0.4 is 0 Å². The van der Waals surface area contributed by atoms with Gasteiger partial charge in [-0.05, 0) is 19.1 Å².